The molecule has 4 aliphatic heterocycles. The van der Waals surface area contributed by atoms with Crippen LogP contribution >= 0.6 is 0 Å². The lowest BCUT2D eigenvalue weighted by atomic mass is 9.78. The molecule has 0 aromatic heterocycles. The summed E-state index contributed by atoms with van der Waals surface area (Å²) in [7, 11) is -22.5. The van der Waals surface area contributed by atoms with Crippen LogP contribution in [0.2, 0.25) is 25.3 Å². The number of rotatable bonds is 36. The van der Waals surface area contributed by atoms with Crippen LogP contribution in [0.15, 0.2) is 0 Å². The summed E-state index contributed by atoms with van der Waals surface area (Å²) in [4.78, 5) is 46.2. The van der Waals surface area contributed by atoms with E-state index in [4.69, 9.17) is 103 Å². The van der Waals surface area contributed by atoms with Crippen molar-refractivity contribution >= 4 is 93.6 Å². The molecular formula is C49H102B4N12O28S4. The fourth-order valence-electron chi connectivity index (χ4n) is 11.3. The molecule has 0 aromatic rings. The molecular weight excluding hydrogens is 1380 g/mol. The fraction of sp³-hybridized carbons (Fsp3) is 0.918. The highest BCUT2D eigenvalue weighted by atomic mass is 32.2. The van der Waals surface area contributed by atoms with Gasteiger partial charge in [0.25, 0.3) is 0 Å². The Morgan fingerprint density at radius 1 is 0.495 bits per heavy atom. The molecule has 4 saturated heterocycles. The van der Waals surface area contributed by atoms with Gasteiger partial charge in [-0.25, -0.2) is 0 Å². The molecule has 4 heterocycles. The summed E-state index contributed by atoms with van der Waals surface area (Å²) in [6.07, 6.45) is 4.51. The second kappa shape index (κ2) is 35.4. The van der Waals surface area contributed by atoms with Crippen molar-refractivity contribution in [3.8, 4) is 0 Å². The predicted octanol–water partition coefficient (Wildman–Crippen LogP) is -8.44. The maximum Gasteiger partial charge on any atom is 0.451 e. The van der Waals surface area contributed by atoms with E-state index in [-0.39, 0.29) is 121 Å². The first-order valence-electron chi connectivity index (χ1n) is 31.4. The van der Waals surface area contributed by atoms with Gasteiger partial charge in [-0.3, -0.25) is 35.9 Å². The summed E-state index contributed by atoms with van der Waals surface area (Å²) >= 11 is 0. The number of nitrogens with zero attached hydrogens (tertiary/aromatic N) is 4. The predicted molar refractivity (Wildman–Crippen MR) is 348 cm³/mol. The second-order valence-electron chi connectivity index (χ2n) is 27.5. The lowest BCUT2D eigenvalue weighted by Crippen LogP contribution is -2.55. The van der Waals surface area contributed by atoms with Crippen LogP contribution in [0.4, 0.5) is 0 Å². The molecule has 562 valence electrons. The van der Waals surface area contributed by atoms with Crippen molar-refractivity contribution in [2.45, 2.75) is 175 Å². The third-order valence-corrected chi connectivity index (χ3v) is 23.6. The van der Waals surface area contributed by atoms with Gasteiger partial charge in [-0.15, -0.1) is 0 Å². The minimum absolute atomic E-state index is 0.0195. The molecule has 28 N–H and O–H groups in total. The number of hydrogen-bond acceptors (Lipinski definition) is 32. The van der Waals surface area contributed by atoms with Gasteiger partial charge in [0.15, 0.2) is 0 Å². The Labute approximate surface area is 567 Å². The van der Waals surface area contributed by atoms with Gasteiger partial charge in [0.2, 0.25) is 0 Å². The molecule has 0 amide bonds. The van der Waals surface area contributed by atoms with E-state index in [0.717, 1.165) is 30.1 Å². The summed E-state index contributed by atoms with van der Waals surface area (Å²) < 4.78 is 122. The maximum absolute atomic E-state index is 12.4. The zero-order chi connectivity index (χ0) is 74.5. The monoisotopic (exact) mass is 1480 g/mol. The summed E-state index contributed by atoms with van der Waals surface area (Å²) in [5.74, 6) is -7.84. The lowest BCUT2D eigenvalue weighted by molar-refractivity contribution is -0.145. The summed E-state index contributed by atoms with van der Waals surface area (Å²) in [5, 5.41) is 109. The normalized spacial score (nSPS) is 28.7. The van der Waals surface area contributed by atoms with E-state index in [1.165, 1.54) is 13.8 Å². The lowest BCUT2D eigenvalue weighted by Gasteiger charge is -2.32. The van der Waals surface area contributed by atoms with Crippen LogP contribution in [0.1, 0.15) is 105 Å². The highest BCUT2D eigenvalue weighted by Gasteiger charge is 2.57. The molecule has 48 heteroatoms. The number of nitrogens with two attached hydrogens (primary N) is 8. The second-order valence-corrected chi connectivity index (χ2v) is 33.8. The Balaban J connectivity index is 0.000000337. The Bertz CT molecular complexity index is 3080. The van der Waals surface area contributed by atoms with Gasteiger partial charge in [0, 0.05) is 106 Å². The number of carbonyl (C=O) groups is 4. The van der Waals surface area contributed by atoms with Crippen molar-refractivity contribution in [1.82, 2.24) is 17.2 Å². The Morgan fingerprint density at radius 2 is 0.784 bits per heavy atom. The first kappa shape index (κ1) is 88.2. The van der Waals surface area contributed by atoms with Gasteiger partial charge < -0.3 is 106 Å². The van der Waals surface area contributed by atoms with E-state index in [1.54, 1.807) is 13.8 Å². The Kier molecular flexibility index (Phi) is 32.2. The maximum atomic E-state index is 12.4. The average Bonchev–Trinajstić information content (AvgIpc) is 1.65. The van der Waals surface area contributed by atoms with E-state index < -0.39 is 170 Å². The van der Waals surface area contributed by atoms with Crippen molar-refractivity contribution in [3.63, 3.8) is 0 Å². The zero-order valence-electron chi connectivity index (χ0n) is 55.0. The molecule has 40 nitrogen and oxygen atoms in total. The number of aliphatic carboxylic acids is 4. The fourth-order valence-corrected chi connectivity index (χ4v) is 16.7. The number of hydrogen-bond donors (Lipinski definition) is 20. The summed E-state index contributed by atoms with van der Waals surface area (Å²) in [6, 6.07) is -0.0749. The van der Waals surface area contributed by atoms with Gasteiger partial charge >= 0.3 is 93.6 Å². The van der Waals surface area contributed by atoms with Gasteiger partial charge in [0.1, 0.15) is 22.2 Å². The van der Waals surface area contributed by atoms with Crippen LogP contribution in [0, 0.1) is 29.1 Å². The molecule has 0 radical (unpaired) electrons. The molecule has 8 atom stereocenters. The minimum Gasteiger partial charge on any atom is -0.480 e. The van der Waals surface area contributed by atoms with Gasteiger partial charge in [0.05, 0.1) is 24.9 Å². The van der Waals surface area contributed by atoms with E-state index >= 15 is 0 Å². The van der Waals surface area contributed by atoms with E-state index in [9.17, 15) is 73.3 Å². The highest BCUT2D eigenvalue weighted by molar-refractivity contribution is 7.85. The van der Waals surface area contributed by atoms with Crippen molar-refractivity contribution in [2.24, 2.45) is 75.0 Å². The summed E-state index contributed by atoms with van der Waals surface area (Å²) in [5.41, 5.74) is 36.9. The van der Waals surface area contributed by atoms with Gasteiger partial charge in [-0.05, 0) is 104 Å². The standard InChI is InChI=1S/C13H26BN3O7S.C12H24BN3O7S.2C12H26BN3O7S/c15-7-12(3-4-12)9-24-25(22,23)17-6-10(2-1-5-14(20)21)13(16,8-17)11(18)19;14-9-4-10(5-9)23-24(21,22)16-6-8(2-1-3-13(19)20)12(15,7-16)11(17)18;1-11(2,14)8-23-24(21,22)16-6-9(4-3-5-13(19)20)12(15,7-16)10(17)18;1-11(2,7-14)23-24(21,22)16-6-9(4-3-5-13(19)20)12(15,8-16)10(17)18/h10,20-21H,1-9,15-16H2,(H,18,19);8-10,19-20H,1-7,14-15H2,(H,17,18);2*9,19-20H,3-8,14-15H2,1-2H3,(H,17,18)/t10-,13-;8-,9?,10?,12-;2*9-,12-/m0000/s1. The number of carboxylic acids is 4. The topological polar surface area (TPSA) is 706 Å². The van der Waals surface area contributed by atoms with E-state index in [2.05, 4.69) is 0 Å². The average molecular weight is 1480 g/mol. The first-order valence-corrected chi connectivity index (χ1v) is 36.8. The molecule has 0 aromatic carbocycles. The molecule has 6 fully saturated rings. The van der Waals surface area contributed by atoms with Crippen molar-refractivity contribution < 1.29 is 130 Å². The van der Waals surface area contributed by atoms with Crippen molar-refractivity contribution in [2.75, 3.05) is 78.7 Å². The largest absolute Gasteiger partial charge is 0.480 e. The molecule has 2 aliphatic carbocycles. The van der Waals surface area contributed by atoms with Crippen LogP contribution in [0.25, 0.3) is 0 Å². The molecule has 6 rings (SSSR count). The van der Waals surface area contributed by atoms with Gasteiger partial charge in [-0.1, -0.05) is 25.7 Å². The van der Waals surface area contributed by atoms with Crippen molar-refractivity contribution in [1.29, 1.82) is 0 Å². The SMILES string of the molecule is CC(C)(CN)OS(=O)(=O)N1C[C@H](CCCB(O)O)[C@](N)(C(=O)O)C1.CC(C)(N)COS(=O)(=O)N1C[C@H](CCCB(O)O)[C@](N)(C(=O)O)C1.NC1CC(OS(=O)(=O)N2C[C@H](CCCB(O)O)[C@](N)(C(=O)O)C2)C1.NCC1(COS(=O)(=O)N2C[C@H](CCCB(O)O)[C@](N)(C(=O)O)C2)CC1. The van der Waals surface area contributed by atoms with Crippen LogP contribution in [0.5, 0.6) is 0 Å². The third-order valence-electron chi connectivity index (χ3n) is 18.0. The molecule has 6 aliphatic rings. The first-order chi connectivity index (χ1) is 44.2. The molecule has 0 unspecified atom stereocenters. The van der Waals surface area contributed by atoms with E-state index in [0.29, 0.717) is 45.1 Å². The third kappa shape index (κ3) is 25.7. The molecule has 0 bridgehead atoms. The van der Waals surface area contributed by atoms with E-state index in [1.807, 2.05) is 0 Å². The Morgan fingerprint density at radius 3 is 1.03 bits per heavy atom. The molecule has 0 spiro atoms. The Hall–Kier alpha value is -3.02. The highest BCUT2D eigenvalue weighted by Crippen LogP contribution is 2.45. The number of carboxylic acid groups (broad SMARTS) is 4. The summed E-state index contributed by atoms with van der Waals surface area (Å²) in [6.45, 7) is 4.25. The van der Waals surface area contributed by atoms with Crippen LogP contribution in [-0.2, 0) is 77.1 Å². The molecule has 97 heavy (non-hydrogen) atoms. The molecule has 2 saturated carbocycles. The van der Waals surface area contributed by atoms with Gasteiger partial charge in [-0.2, -0.15) is 50.9 Å². The van der Waals surface area contributed by atoms with Crippen LogP contribution in [-0.4, -0.2) is 288 Å². The van der Waals surface area contributed by atoms with Crippen LogP contribution < -0.4 is 45.9 Å². The van der Waals surface area contributed by atoms with Crippen LogP contribution in [0.3, 0.4) is 0 Å². The quantitative estimate of drug-likeness (QED) is 0.0259. The minimum atomic E-state index is -4.20. The smallest absolute Gasteiger partial charge is 0.451 e. The zero-order valence-corrected chi connectivity index (χ0v) is 58.3. The van der Waals surface area contributed by atoms with Crippen molar-refractivity contribution in [3.05, 3.63) is 0 Å².